The van der Waals surface area contributed by atoms with Crippen LogP contribution in [-0.4, -0.2) is 58.8 Å². The van der Waals surface area contributed by atoms with E-state index < -0.39 is 35.7 Å². The Morgan fingerprint density at radius 1 is 0.600 bits per heavy atom. The molecule has 7 nitrogen and oxygen atoms in total. The molecule has 0 amide bonds. The summed E-state index contributed by atoms with van der Waals surface area (Å²) in [6.07, 6.45) is 14.3. The smallest absolute Gasteiger partial charge is 0.312 e. The highest BCUT2D eigenvalue weighted by molar-refractivity contribution is 5.70. The van der Waals surface area contributed by atoms with Gasteiger partial charge in [-0.1, -0.05) is 85.5 Å². The minimum absolute atomic E-state index is 0.222. The largest absolute Gasteiger partial charge is 0.550 e. The van der Waals surface area contributed by atoms with Crippen LogP contribution in [0.4, 0.5) is 0 Å². The zero-order valence-electron chi connectivity index (χ0n) is 22.9. The van der Waals surface area contributed by atoms with E-state index in [4.69, 9.17) is 0 Å². The SMILES string of the molecule is CCCCCCCCCCCCC[N+](CC(CC)C(=O)[O-])(CC(CC)C(=O)O)CC(CC)C(=O)O. The molecule has 0 heterocycles. The molecule has 0 aromatic rings. The molecular formula is C28H53NO6. The van der Waals surface area contributed by atoms with E-state index in [0.717, 1.165) is 19.3 Å². The van der Waals surface area contributed by atoms with Gasteiger partial charge >= 0.3 is 11.9 Å². The summed E-state index contributed by atoms with van der Waals surface area (Å²) in [5.41, 5.74) is 0. The normalized spacial score (nSPS) is 15.8. The molecule has 7 heteroatoms. The highest BCUT2D eigenvalue weighted by atomic mass is 16.4. The third-order valence-electron chi connectivity index (χ3n) is 7.57. The maximum atomic E-state index is 11.9. The molecule has 0 bridgehead atoms. The van der Waals surface area contributed by atoms with Crippen LogP contribution in [0.3, 0.4) is 0 Å². The average Bonchev–Trinajstić information content (AvgIpc) is 2.82. The van der Waals surface area contributed by atoms with Gasteiger partial charge in [-0.25, -0.2) is 0 Å². The molecule has 0 saturated carbocycles. The minimum atomic E-state index is -1.14. The Labute approximate surface area is 213 Å². The molecule has 3 unspecified atom stereocenters. The van der Waals surface area contributed by atoms with Crippen molar-refractivity contribution in [3.63, 3.8) is 0 Å². The molecule has 0 spiro atoms. The Kier molecular flexibility index (Phi) is 18.6. The summed E-state index contributed by atoms with van der Waals surface area (Å²) in [6, 6.07) is 0. The third-order valence-corrected chi connectivity index (χ3v) is 7.57. The van der Waals surface area contributed by atoms with Crippen LogP contribution in [0, 0.1) is 17.8 Å². The zero-order chi connectivity index (χ0) is 26.7. The number of hydrogen-bond donors (Lipinski definition) is 2. The van der Waals surface area contributed by atoms with Crippen LogP contribution < -0.4 is 5.11 Å². The Morgan fingerprint density at radius 2 is 0.943 bits per heavy atom. The summed E-state index contributed by atoms with van der Waals surface area (Å²) in [4.78, 5) is 35.6. The van der Waals surface area contributed by atoms with Gasteiger partial charge in [0.05, 0.1) is 32.1 Å². The first kappa shape index (κ1) is 33.4. The number of quaternary nitrogens is 1. The minimum Gasteiger partial charge on any atom is -0.550 e. The van der Waals surface area contributed by atoms with Crippen LogP contribution in [0.25, 0.3) is 0 Å². The number of unbranched alkanes of at least 4 members (excludes halogenated alkanes) is 10. The van der Waals surface area contributed by atoms with Crippen molar-refractivity contribution in [2.75, 3.05) is 26.2 Å². The van der Waals surface area contributed by atoms with Crippen molar-refractivity contribution in [2.45, 2.75) is 118 Å². The molecule has 0 aliphatic carbocycles. The van der Waals surface area contributed by atoms with E-state index in [1.165, 1.54) is 51.4 Å². The summed E-state index contributed by atoms with van der Waals surface area (Å²) in [7, 11) is 0. The van der Waals surface area contributed by atoms with E-state index in [-0.39, 0.29) is 24.1 Å². The molecule has 0 aromatic carbocycles. The Morgan fingerprint density at radius 3 is 1.26 bits per heavy atom. The van der Waals surface area contributed by atoms with Crippen molar-refractivity contribution in [2.24, 2.45) is 17.8 Å². The molecule has 35 heavy (non-hydrogen) atoms. The lowest BCUT2D eigenvalue weighted by atomic mass is 9.95. The molecular weight excluding hydrogens is 446 g/mol. The van der Waals surface area contributed by atoms with Gasteiger partial charge in [-0.05, 0) is 32.1 Å². The summed E-state index contributed by atoms with van der Waals surface area (Å²) < 4.78 is 0.222. The lowest BCUT2D eigenvalue weighted by molar-refractivity contribution is -0.935. The fraction of sp³-hybridized carbons (Fsp3) is 0.893. The Bertz CT molecular complexity index is 534. The highest BCUT2D eigenvalue weighted by Gasteiger charge is 2.39. The predicted octanol–water partition coefficient (Wildman–Crippen LogP) is 5.11. The monoisotopic (exact) mass is 499 g/mol. The first-order chi connectivity index (χ1) is 16.7. The topological polar surface area (TPSA) is 115 Å². The lowest BCUT2D eigenvalue weighted by Crippen LogP contribution is -2.59. The molecule has 0 aliphatic rings. The van der Waals surface area contributed by atoms with Crippen LogP contribution in [0.1, 0.15) is 118 Å². The Hall–Kier alpha value is -1.63. The number of carbonyl (C=O) groups is 3. The second-order valence-electron chi connectivity index (χ2n) is 10.5. The van der Waals surface area contributed by atoms with Crippen LogP contribution in [-0.2, 0) is 14.4 Å². The molecule has 3 atom stereocenters. The van der Waals surface area contributed by atoms with E-state index in [9.17, 15) is 29.7 Å². The summed E-state index contributed by atoms with van der Waals surface area (Å²) in [5, 5.41) is 31.3. The third kappa shape index (κ3) is 14.5. The van der Waals surface area contributed by atoms with E-state index in [1.807, 2.05) is 13.8 Å². The number of hydrogen-bond acceptors (Lipinski definition) is 4. The van der Waals surface area contributed by atoms with Crippen molar-refractivity contribution in [1.29, 1.82) is 0 Å². The fourth-order valence-corrected chi connectivity index (χ4v) is 5.15. The molecule has 0 saturated heterocycles. The lowest BCUT2D eigenvalue weighted by Gasteiger charge is -2.44. The quantitative estimate of drug-likeness (QED) is 0.141. The van der Waals surface area contributed by atoms with Crippen LogP contribution in [0.5, 0.6) is 0 Å². The van der Waals surface area contributed by atoms with Gasteiger partial charge in [-0.3, -0.25) is 9.59 Å². The molecule has 0 radical (unpaired) electrons. The van der Waals surface area contributed by atoms with Gasteiger partial charge in [-0.15, -0.1) is 0 Å². The Balaban J connectivity index is 5.28. The van der Waals surface area contributed by atoms with Crippen molar-refractivity contribution in [3.05, 3.63) is 0 Å². The number of aliphatic carboxylic acids is 3. The second kappa shape index (κ2) is 19.5. The van der Waals surface area contributed by atoms with Gasteiger partial charge in [-0.2, -0.15) is 0 Å². The second-order valence-corrected chi connectivity index (χ2v) is 10.5. The summed E-state index contributed by atoms with van der Waals surface area (Å²) in [5.74, 6) is -4.93. The van der Waals surface area contributed by atoms with E-state index in [1.54, 1.807) is 6.92 Å². The van der Waals surface area contributed by atoms with Crippen LogP contribution in [0.2, 0.25) is 0 Å². The van der Waals surface area contributed by atoms with Gasteiger partial charge < -0.3 is 24.6 Å². The predicted molar refractivity (Wildman–Crippen MR) is 138 cm³/mol. The maximum Gasteiger partial charge on any atom is 0.312 e. The van der Waals surface area contributed by atoms with Crippen molar-refractivity contribution in [1.82, 2.24) is 0 Å². The van der Waals surface area contributed by atoms with Gasteiger partial charge in [0.25, 0.3) is 0 Å². The summed E-state index contributed by atoms with van der Waals surface area (Å²) in [6.45, 7) is 9.01. The highest BCUT2D eigenvalue weighted by Crippen LogP contribution is 2.25. The van der Waals surface area contributed by atoms with Gasteiger partial charge in [0.2, 0.25) is 0 Å². The molecule has 0 aromatic heterocycles. The van der Waals surface area contributed by atoms with Crippen molar-refractivity contribution in [3.8, 4) is 0 Å². The van der Waals surface area contributed by atoms with Crippen LogP contribution in [0.15, 0.2) is 0 Å². The molecule has 0 rings (SSSR count). The van der Waals surface area contributed by atoms with E-state index in [0.29, 0.717) is 25.8 Å². The number of carbonyl (C=O) groups excluding carboxylic acids is 1. The maximum absolute atomic E-state index is 11.9. The van der Waals surface area contributed by atoms with Gasteiger partial charge in [0, 0.05) is 5.92 Å². The van der Waals surface area contributed by atoms with E-state index in [2.05, 4.69) is 6.92 Å². The number of carboxylic acid groups (broad SMARTS) is 3. The number of carboxylic acids is 3. The van der Waals surface area contributed by atoms with Gasteiger partial charge in [0.1, 0.15) is 11.8 Å². The van der Waals surface area contributed by atoms with E-state index >= 15 is 0 Å². The number of nitrogens with zero attached hydrogens (tertiary/aromatic N) is 1. The standard InChI is InChI=1S/C28H53NO6/c1-5-9-10-11-12-13-14-15-16-17-18-19-29(20-23(6-2)26(30)31,21-24(7-3)27(32)33)22-25(8-4)28(34)35/h23-25H,5-22H2,1-4H3,(H2-,30,31,32,33,34,35). The molecule has 206 valence electrons. The van der Waals surface area contributed by atoms with Crippen LogP contribution >= 0.6 is 0 Å². The fourth-order valence-electron chi connectivity index (χ4n) is 5.15. The first-order valence-corrected chi connectivity index (χ1v) is 14.2. The van der Waals surface area contributed by atoms with Crippen molar-refractivity contribution < 1.29 is 34.2 Å². The van der Waals surface area contributed by atoms with Crippen molar-refractivity contribution >= 4 is 17.9 Å². The average molecular weight is 500 g/mol. The van der Waals surface area contributed by atoms with Gasteiger partial charge in [0.15, 0.2) is 0 Å². The first-order valence-electron chi connectivity index (χ1n) is 14.2. The molecule has 0 fully saturated rings. The summed E-state index contributed by atoms with van der Waals surface area (Å²) >= 11 is 0. The molecule has 0 aliphatic heterocycles. The number of rotatable bonds is 24. The molecule has 2 N–H and O–H groups in total. The zero-order valence-corrected chi connectivity index (χ0v) is 22.9.